The van der Waals surface area contributed by atoms with Crippen molar-refractivity contribution >= 4 is 17.2 Å². The fourth-order valence-corrected chi connectivity index (χ4v) is 1.61. The molecule has 0 radical (unpaired) electrons. The van der Waals surface area contributed by atoms with E-state index in [2.05, 4.69) is 20.8 Å². The number of hydrogen-bond donors (Lipinski definition) is 1. The molecule has 0 fully saturated rings. The molecule has 0 atom stereocenters. The second kappa shape index (κ2) is 8.14. The number of azo groups is 1. The van der Waals surface area contributed by atoms with E-state index in [0.717, 1.165) is 11.5 Å². The van der Waals surface area contributed by atoms with Crippen molar-refractivity contribution in [2.45, 2.75) is 0 Å². The maximum atomic E-state index is 9.03. The molecule has 0 amide bonds. The normalized spacial score (nSPS) is 11.1. The second-order valence-corrected chi connectivity index (χ2v) is 4.29. The Morgan fingerprint density at radius 1 is 0.957 bits per heavy atom. The Kier molecular flexibility index (Phi) is 5.66. The molecule has 0 aliphatic carbocycles. The highest BCUT2D eigenvalue weighted by Gasteiger charge is 1.97. The van der Waals surface area contributed by atoms with Crippen molar-refractivity contribution in [3.05, 3.63) is 48.5 Å². The first kappa shape index (κ1) is 16.0. The standard InChI is InChI=1S/C16H15N5O2/c1-22-14-7-3-12(4-8-14)18-20-16(11-17)21-19-13-5-9-15(23-2)10-6-13/h3-10,18H,1-2H3. The van der Waals surface area contributed by atoms with Gasteiger partial charge in [0.05, 0.1) is 25.6 Å². The number of benzene rings is 2. The Bertz CT molecular complexity index is 731. The number of anilines is 1. The van der Waals surface area contributed by atoms with Crippen LogP contribution in [-0.4, -0.2) is 20.1 Å². The fourth-order valence-electron chi connectivity index (χ4n) is 1.61. The van der Waals surface area contributed by atoms with Crippen LogP contribution in [0.4, 0.5) is 11.4 Å². The lowest BCUT2D eigenvalue weighted by atomic mass is 10.3. The van der Waals surface area contributed by atoms with Gasteiger partial charge in [0.15, 0.2) is 0 Å². The highest BCUT2D eigenvalue weighted by molar-refractivity contribution is 5.97. The molecular formula is C16H15N5O2. The number of rotatable bonds is 5. The van der Waals surface area contributed by atoms with Gasteiger partial charge in [0, 0.05) is 0 Å². The molecule has 0 aliphatic rings. The monoisotopic (exact) mass is 309 g/mol. The molecule has 116 valence electrons. The van der Waals surface area contributed by atoms with Gasteiger partial charge in [-0.25, -0.2) is 0 Å². The highest BCUT2D eigenvalue weighted by atomic mass is 16.5. The molecule has 0 aromatic heterocycles. The van der Waals surface area contributed by atoms with Gasteiger partial charge in [0.2, 0.25) is 0 Å². The number of hydrogen-bond acceptors (Lipinski definition) is 6. The minimum atomic E-state index is -0.0864. The third-order valence-electron chi connectivity index (χ3n) is 2.81. The lowest BCUT2D eigenvalue weighted by molar-refractivity contribution is 0.415. The van der Waals surface area contributed by atoms with Crippen LogP contribution in [0.2, 0.25) is 0 Å². The molecule has 7 nitrogen and oxygen atoms in total. The molecule has 2 rings (SSSR count). The third kappa shape index (κ3) is 4.82. The zero-order valence-electron chi connectivity index (χ0n) is 12.7. The van der Waals surface area contributed by atoms with E-state index in [1.165, 1.54) is 0 Å². The first-order valence-electron chi connectivity index (χ1n) is 6.69. The van der Waals surface area contributed by atoms with Crippen LogP contribution < -0.4 is 14.9 Å². The molecule has 0 heterocycles. The molecule has 0 spiro atoms. The van der Waals surface area contributed by atoms with Crippen LogP contribution in [0.1, 0.15) is 0 Å². The number of nitrogens with one attached hydrogen (secondary N) is 1. The van der Waals surface area contributed by atoms with E-state index in [4.69, 9.17) is 14.7 Å². The van der Waals surface area contributed by atoms with Gasteiger partial charge in [-0.2, -0.15) is 5.26 Å². The van der Waals surface area contributed by atoms with Gasteiger partial charge < -0.3 is 9.47 Å². The van der Waals surface area contributed by atoms with E-state index in [9.17, 15) is 0 Å². The van der Waals surface area contributed by atoms with Crippen LogP contribution in [0, 0.1) is 11.3 Å². The summed E-state index contributed by atoms with van der Waals surface area (Å²) in [5, 5.41) is 20.7. The van der Waals surface area contributed by atoms with Crippen molar-refractivity contribution in [1.82, 2.24) is 0 Å². The summed E-state index contributed by atoms with van der Waals surface area (Å²) in [6.45, 7) is 0. The third-order valence-corrected chi connectivity index (χ3v) is 2.81. The molecule has 23 heavy (non-hydrogen) atoms. The minimum Gasteiger partial charge on any atom is -0.497 e. The van der Waals surface area contributed by atoms with Crippen molar-refractivity contribution in [2.75, 3.05) is 19.6 Å². The van der Waals surface area contributed by atoms with E-state index >= 15 is 0 Å². The topological polar surface area (TPSA) is 91.4 Å². The highest BCUT2D eigenvalue weighted by Crippen LogP contribution is 2.18. The van der Waals surface area contributed by atoms with Gasteiger partial charge >= 0.3 is 0 Å². The Hall–Kier alpha value is -3.40. The van der Waals surface area contributed by atoms with E-state index in [0.29, 0.717) is 11.4 Å². The van der Waals surface area contributed by atoms with E-state index < -0.39 is 0 Å². The summed E-state index contributed by atoms with van der Waals surface area (Å²) < 4.78 is 10.1. The molecule has 0 unspecified atom stereocenters. The average Bonchev–Trinajstić information content (AvgIpc) is 2.62. The number of methoxy groups -OCH3 is 2. The first-order valence-corrected chi connectivity index (χ1v) is 6.69. The number of amidine groups is 1. The van der Waals surface area contributed by atoms with Crippen molar-refractivity contribution in [2.24, 2.45) is 15.3 Å². The Morgan fingerprint density at radius 3 is 2.04 bits per heavy atom. The quantitative estimate of drug-likeness (QED) is 0.394. The van der Waals surface area contributed by atoms with Crippen LogP contribution in [0.5, 0.6) is 11.5 Å². The van der Waals surface area contributed by atoms with Gasteiger partial charge in [0.1, 0.15) is 17.6 Å². The Morgan fingerprint density at radius 2 is 1.52 bits per heavy atom. The number of ether oxygens (including phenoxy) is 2. The van der Waals surface area contributed by atoms with Crippen LogP contribution in [-0.2, 0) is 0 Å². The lowest BCUT2D eigenvalue weighted by Gasteiger charge is -2.02. The van der Waals surface area contributed by atoms with Crippen molar-refractivity contribution < 1.29 is 9.47 Å². The van der Waals surface area contributed by atoms with Crippen LogP contribution >= 0.6 is 0 Å². The van der Waals surface area contributed by atoms with Gasteiger partial charge in [-0.3, -0.25) is 5.43 Å². The number of nitrogens with zero attached hydrogens (tertiary/aromatic N) is 4. The number of hydrazone groups is 1. The van der Waals surface area contributed by atoms with Crippen LogP contribution in [0.15, 0.2) is 63.9 Å². The summed E-state index contributed by atoms with van der Waals surface area (Å²) in [7, 11) is 3.18. The molecule has 0 saturated carbocycles. The number of nitriles is 1. The fraction of sp³-hybridized carbons (Fsp3) is 0.125. The zero-order valence-corrected chi connectivity index (χ0v) is 12.7. The summed E-state index contributed by atoms with van der Waals surface area (Å²) in [6.07, 6.45) is 0. The lowest BCUT2D eigenvalue weighted by Crippen LogP contribution is -1.95. The summed E-state index contributed by atoms with van der Waals surface area (Å²) in [6, 6.07) is 16.0. The molecule has 0 aliphatic heterocycles. The van der Waals surface area contributed by atoms with Crippen LogP contribution in [0.3, 0.4) is 0 Å². The zero-order chi connectivity index (χ0) is 16.5. The summed E-state index contributed by atoms with van der Waals surface area (Å²) in [5.41, 5.74) is 4.04. The Labute approximate surface area is 133 Å². The van der Waals surface area contributed by atoms with Crippen molar-refractivity contribution in [1.29, 1.82) is 5.26 Å². The molecule has 0 bridgehead atoms. The minimum absolute atomic E-state index is 0.0864. The largest absolute Gasteiger partial charge is 0.497 e. The molecule has 2 aromatic rings. The van der Waals surface area contributed by atoms with E-state index in [1.54, 1.807) is 62.8 Å². The predicted octanol–water partition coefficient (Wildman–Crippen LogP) is 3.74. The second-order valence-electron chi connectivity index (χ2n) is 4.29. The molecule has 0 saturated heterocycles. The predicted molar refractivity (Wildman–Crippen MR) is 87.2 cm³/mol. The van der Waals surface area contributed by atoms with Crippen molar-refractivity contribution in [3.8, 4) is 17.6 Å². The summed E-state index contributed by atoms with van der Waals surface area (Å²) in [4.78, 5) is 0. The van der Waals surface area contributed by atoms with Crippen LogP contribution in [0.25, 0.3) is 0 Å². The van der Waals surface area contributed by atoms with Gasteiger partial charge in [-0.15, -0.1) is 15.3 Å². The smallest absolute Gasteiger partial charge is 0.270 e. The molecule has 7 heteroatoms. The molecule has 1 N–H and O–H groups in total. The summed E-state index contributed by atoms with van der Waals surface area (Å²) in [5.74, 6) is 1.37. The average molecular weight is 309 g/mol. The van der Waals surface area contributed by atoms with Gasteiger partial charge in [-0.1, -0.05) is 0 Å². The molecular weight excluding hydrogens is 294 g/mol. The Balaban J connectivity index is 2.02. The van der Waals surface area contributed by atoms with Crippen molar-refractivity contribution in [3.63, 3.8) is 0 Å². The molecule has 2 aromatic carbocycles. The maximum Gasteiger partial charge on any atom is 0.270 e. The van der Waals surface area contributed by atoms with E-state index in [-0.39, 0.29) is 5.84 Å². The first-order chi connectivity index (χ1) is 11.2. The van der Waals surface area contributed by atoms with Gasteiger partial charge in [0.25, 0.3) is 5.84 Å². The SMILES string of the molecule is COc1ccc(N=NC(C#N)=NNc2ccc(OC)cc2)cc1. The maximum absolute atomic E-state index is 9.03. The van der Waals surface area contributed by atoms with Gasteiger partial charge in [-0.05, 0) is 48.5 Å². The van der Waals surface area contributed by atoms with E-state index in [1.807, 2.05) is 6.07 Å². The summed E-state index contributed by atoms with van der Waals surface area (Å²) >= 11 is 0.